The lowest BCUT2D eigenvalue weighted by Gasteiger charge is -2.19. The van der Waals surface area contributed by atoms with Gasteiger partial charge in [0.25, 0.3) is 0 Å². The summed E-state index contributed by atoms with van der Waals surface area (Å²) in [5.74, 6) is 0. The molecule has 0 aromatic carbocycles. The molecule has 0 aromatic rings. The number of hydrogen-bond acceptors (Lipinski definition) is 2. The predicted molar refractivity (Wildman–Crippen MR) is 52.9 cm³/mol. The molecule has 2 nitrogen and oxygen atoms in total. The first-order valence-electron chi connectivity index (χ1n) is 4.63. The Kier molecular flexibility index (Phi) is 3.95. The minimum atomic E-state index is -0.243. The van der Waals surface area contributed by atoms with E-state index in [9.17, 15) is 0 Å². The first-order chi connectivity index (χ1) is 5.63. The zero-order valence-corrected chi connectivity index (χ0v) is 9.30. The van der Waals surface area contributed by atoms with Crippen molar-refractivity contribution >= 4 is 8.15 Å². The molecule has 0 N–H and O–H groups in total. The van der Waals surface area contributed by atoms with Crippen LogP contribution >= 0.6 is 8.15 Å². The van der Waals surface area contributed by atoms with Crippen molar-refractivity contribution in [3.63, 3.8) is 0 Å². The van der Waals surface area contributed by atoms with Gasteiger partial charge in [0.2, 0.25) is 0 Å². The van der Waals surface area contributed by atoms with Crippen LogP contribution in [0.5, 0.6) is 0 Å². The fourth-order valence-corrected chi connectivity index (χ4v) is 2.42. The van der Waals surface area contributed by atoms with E-state index in [-0.39, 0.29) is 8.15 Å². The molecule has 72 valence electrons. The minimum Gasteiger partial charge on any atom is -0.372 e. The normalized spacial score (nSPS) is 36.2. The van der Waals surface area contributed by atoms with Gasteiger partial charge in [-0.25, -0.2) is 0 Å². The van der Waals surface area contributed by atoms with Crippen molar-refractivity contribution in [2.75, 3.05) is 13.3 Å². The van der Waals surface area contributed by atoms with Crippen LogP contribution in [0.4, 0.5) is 0 Å². The van der Waals surface area contributed by atoms with Crippen LogP contribution in [0.3, 0.4) is 0 Å². The van der Waals surface area contributed by atoms with Crippen LogP contribution in [-0.2, 0) is 9.26 Å². The SMILES string of the molecule is CC[C@H]1O[C@@H](C)CC1OP(C)C. The molecule has 1 unspecified atom stereocenters. The predicted octanol–water partition coefficient (Wildman–Crippen LogP) is 2.62. The maximum atomic E-state index is 5.82. The second kappa shape index (κ2) is 4.55. The fraction of sp³-hybridized carbons (Fsp3) is 1.00. The second-order valence-electron chi connectivity index (χ2n) is 3.59. The summed E-state index contributed by atoms with van der Waals surface area (Å²) in [6, 6.07) is 0. The highest BCUT2D eigenvalue weighted by Gasteiger charge is 2.32. The Hall–Kier alpha value is 0.350. The summed E-state index contributed by atoms with van der Waals surface area (Å²) in [5, 5.41) is 0. The molecule has 1 saturated heterocycles. The van der Waals surface area contributed by atoms with Gasteiger partial charge >= 0.3 is 0 Å². The summed E-state index contributed by atoms with van der Waals surface area (Å²) in [6.45, 7) is 8.57. The highest BCUT2D eigenvalue weighted by molar-refractivity contribution is 7.50. The molecule has 0 bridgehead atoms. The molecule has 1 fully saturated rings. The van der Waals surface area contributed by atoms with Gasteiger partial charge in [0.05, 0.1) is 18.3 Å². The van der Waals surface area contributed by atoms with Gasteiger partial charge in [0, 0.05) is 14.6 Å². The summed E-state index contributed by atoms with van der Waals surface area (Å²) in [4.78, 5) is 0. The van der Waals surface area contributed by atoms with Crippen molar-refractivity contribution in [2.24, 2.45) is 0 Å². The van der Waals surface area contributed by atoms with E-state index in [1.165, 1.54) is 0 Å². The van der Waals surface area contributed by atoms with Gasteiger partial charge in [-0.15, -0.1) is 0 Å². The Balaban J connectivity index is 2.40. The molecule has 0 radical (unpaired) electrons. The molecule has 0 aromatic heterocycles. The Morgan fingerprint density at radius 1 is 1.50 bits per heavy atom. The first kappa shape index (κ1) is 10.4. The van der Waals surface area contributed by atoms with Crippen molar-refractivity contribution in [1.29, 1.82) is 0 Å². The van der Waals surface area contributed by atoms with Gasteiger partial charge < -0.3 is 9.26 Å². The van der Waals surface area contributed by atoms with E-state index in [0.29, 0.717) is 18.3 Å². The molecule has 1 heterocycles. The van der Waals surface area contributed by atoms with Crippen LogP contribution in [0, 0.1) is 0 Å². The standard InChI is InChI=1S/C9H19O2P/c1-5-8-9(11-12(3)4)6-7(2)10-8/h7-9H,5-6H2,1-4H3/t7-,8+,9?/m0/s1. The van der Waals surface area contributed by atoms with Crippen molar-refractivity contribution in [3.8, 4) is 0 Å². The van der Waals surface area contributed by atoms with Crippen molar-refractivity contribution in [1.82, 2.24) is 0 Å². The van der Waals surface area contributed by atoms with Gasteiger partial charge in [0.1, 0.15) is 0 Å². The molecule has 0 spiro atoms. The van der Waals surface area contributed by atoms with E-state index in [1.54, 1.807) is 0 Å². The second-order valence-corrected chi connectivity index (χ2v) is 5.42. The van der Waals surface area contributed by atoms with Crippen LogP contribution in [0.1, 0.15) is 26.7 Å². The number of rotatable bonds is 3. The maximum absolute atomic E-state index is 5.82. The van der Waals surface area contributed by atoms with Crippen LogP contribution in [0.15, 0.2) is 0 Å². The lowest BCUT2D eigenvalue weighted by molar-refractivity contribution is 0.0246. The van der Waals surface area contributed by atoms with Crippen molar-refractivity contribution < 1.29 is 9.26 Å². The minimum absolute atomic E-state index is 0.243. The van der Waals surface area contributed by atoms with Crippen molar-refractivity contribution in [3.05, 3.63) is 0 Å². The van der Waals surface area contributed by atoms with Gasteiger partial charge in [0.15, 0.2) is 0 Å². The zero-order chi connectivity index (χ0) is 9.14. The molecule has 1 aliphatic rings. The van der Waals surface area contributed by atoms with Crippen LogP contribution < -0.4 is 0 Å². The topological polar surface area (TPSA) is 18.5 Å². The van der Waals surface area contributed by atoms with Crippen LogP contribution in [0.25, 0.3) is 0 Å². The van der Waals surface area contributed by atoms with E-state index < -0.39 is 0 Å². The maximum Gasteiger partial charge on any atom is 0.0903 e. The summed E-state index contributed by atoms with van der Waals surface area (Å²) in [5.41, 5.74) is 0. The third-order valence-corrected chi connectivity index (χ3v) is 2.83. The van der Waals surface area contributed by atoms with E-state index in [2.05, 4.69) is 27.2 Å². The molecule has 3 heteroatoms. The Labute approximate surface area is 76.5 Å². The first-order valence-corrected chi connectivity index (χ1v) is 6.78. The highest BCUT2D eigenvalue weighted by atomic mass is 31.1. The molecule has 0 aliphatic carbocycles. The highest BCUT2D eigenvalue weighted by Crippen LogP contribution is 2.36. The Bertz CT molecular complexity index is 138. The summed E-state index contributed by atoms with van der Waals surface area (Å²) in [7, 11) is -0.243. The van der Waals surface area contributed by atoms with E-state index in [4.69, 9.17) is 9.26 Å². The quantitative estimate of drug-likeness (QED) is 0.637. The van der Waals surface area contributed by atoms with Gasteiger partial charge in [-0.3, -0.25) is 0 Å². The average Bonchev–Trinajstić information content (AvgIpc) is 2.29. The fourth-order valence-electron chi connectivity index (χ4n) is 1.66. The third kappa shape index (κ3) is 2.69. The molecule has 12 heavy (non-hydrogen) atoms. The van der Waals surface area contributed by atoms with E-state index in [0.717, 1.165) is 12.8 Å². The summed E-state index contributed by atoms with van der Waals surface area (Å²) < 4.78 is 11.5. The summed E-state index contributed by atoms with van der Waals surface area (Å²) in [6.07, 6.45) is 3.21. The van der Waals surface area contributed by atoms with Crippen LogP contribution in [-0.4, -0.2) is 31.6 Å². The molecule has 1 aliphatic heterocycles. The van der Waals surface area contributed by atoms with E-state index >= 15 is 0 Å². The third-order valence-electron chi connectivity index (χ3n) is 2.13. The molecule has 1 rings (SSSR count). The van der Waals surface area contributed by atoms with Crippen molar-refractivity contribution in [2.45, 2.75) is 45.0 Å². The number of ether oxygens (including phenoxy) is 1. The molecule has 0 saturated carbocycles. The molecule has 0 amide bonds. The van der Waals surface area contributed by atoms with Gasteiger partial charge in [-0.2, -0.15) is 0 Å². The summed E-state index contributed by atoms with van der Waals surface area (Å²) >= 11 is 0. The zero-order valence-electron chi connectivity index (χ0n) is 8.41. The van der Waals surface area contributed by atoms with Crippen LogP contribution in [0.2, 0.25) is 0 Å². The Morgan fingerprint density at radius 3 is 2.67 bits per heavy atom. The lowest BCUT2D eigenvalue weighted by Crippen LogP contribution is -2.21. The van der Waals surface area contributed by atoms with Gasteiger partial charge in [-0.05, 0) is 26.7 Å². The lowest BCUT2D eigenvalue weighted by atomic mass is 10.1. The van der Waals surface area contributed by atoms with E-state index in [1.807, 2.05) is 0 Å². The number of hydrogen-bond donors (Lipinski definition) is 0. The largest absolute Gasteiger partial charge is 0.372 e. The molecule has 3 atom stereocenters. The monoisotopic (exact) mass is 190 g/mol. The molecular weight excluding hydrogens is 171 g/mol. The average molecular weight is 190 g/mol. The Morgan fingerprint density at radius 2 is 2.17 bits per heavy atom. The molecular formula is C9H19O2P. The smallest absolute Gasteiger partial charge is 0.0903 e. The van der Waals surface area contributed by atoms with Gasteiger partial charge in [-0.1, -0.05) is 6.92 Å².